The van der Waals surface area contributed by atoms with Crippen LogP contribution in [0.5, 0.6) is 0 Å². The van der Waals surface area contributed by atoms with Gasteiger partial charge in [-0.3, -0.25) is 5.32 Å². The van der Waals surface area contributed by atoms with Crippen molar-refractivity contribution < 1.29 is 9.13 Å². The predicted octanol–water partition coefficient (Wildman–Crippen LogP) is 2.33. The van der Waals surface area contributed by atoms with Gasteiger partial charge in [0.2, 0.25) is 5.82 Å². The highest BCUT2D eigenvalue weighted by atomic mass is 19.1. The second-order valence-corrected chi connectivity index (χ2v) is 6.32. The number of hydrogen-bond acceptors (Lipinski definition) is 5. The fourth-order valence-corrected chi connectivity index (χ4v) is 3.01. The van der Waals surface area contributed by atoms with Crippen LogP contribution in [0.2, 0.25) is 0 Å². The summed E-state index contributed by atoms with van der Waals surface area (Å²) >= 11 is 0. The zero-order chi connectivity index (χ0) is 17.3. The van der Waals surface area contributed by atoms with Crippen LogP contribution in [-0.2, 0) is 16.8 Å². The van der Waals surface area contributed by atoms with Crippen molar-refractivity contribution in [1.82, 2.24) is 25.9 Å². The van der Waals surface area contributed by atoms with Crippen LogP contribution in [0.3, 0.4) is 0 Å². The molecule has 7 heteroatoms. The molecule has 0 aliphatic carbocycles. The molecule has 1 aliphatic heterocycles. The van der Waals surface area contributed by atoms with Gasteiger partial charge >= 0.3 is 0 Å². The molecule has 0 unspecified atom stereocenters. The predicted molar refractivity (Wildman–Crippen MR) is 90.1 cm³/mol. The lowest BCUT2D eigenvalue weighted by Crippen LogP contribution is -2.57. The number of aromatic amines is 1. The summed E-state index contributed by atoms with van der Waals surface area (Å²) in [5.41, 5.74) is 3.91. The number of nitrogens with zero attached hydrogens (tertiary/aromatic N) is 3. The Kier molecular flexibility index (Phi) is 4.03. The van der Waals surface area contributed by atoms with Crippen molar-refractivity contribution in [3.05, 3.63) is 65.0 Å². The van der Waals surface area contributed by atoms with Crippen molar-refractivity contribution in [2.75, 3.05) is 13.2 Å². The van der Waals surface area contributed by atoms with Gasteiger partial charge in [-0.2, -0.15) is 5.21 Å². The molecule has 3 aromatic rings. The molecular weight excluding hydrogens is 321 g/mol. The minimum atomic E-state index is -0.273. The first-order valence-corrected chi connectivity index (χ1v) is 8.08. The Labute approximate surface area is 144 Å². The molecule has 0 saturated carbocycles. The van der Waals surface area contributed by atoms with E-state index in [2.05, 4.69) is 38.1 Å². The lowest BCUT2D eigenvalue weighted by atomic mass is 9.87. The number of H-pyrrole nitrogens is 1. The fraction of sp³-hybridized carbons (Fsp3) is 0.278. The van der Waals surface area contributed by atoms with E-state index >= 15 is 0 Å². The SMILES string of the molecule is Cc1ccc(CNC2(c3ccc(F)cc3)COC2)cc1-c1nn[nH]n1. The van der Waals surface area contributed by atoms with E-state index in [9.17, 15) is 4.39 Å². The topological polar surface area (TPSA) is 75.7 Å². The molecule has 1 aliphatic rings. The molecule has 2 aromatic carbocycles. The summed E-state index contributed by atoms with van der Waals surface area (Å²) in [7, 11) is 0. The summed E-state index contributed by atoms with van der Waals surface area (Å²) in [6.07, 6.45) is 0. The Bertz CT molecular complexity index is 860. The standard InChI is InChI=1S/C18H18FN5O/c1-12-2-3-13(8-16(12)17-21-23-24-22-17)9-20-18(10-25-11-18)14-4-6-15(19)7-5-14/h2-8,20H,9-11H2,1H3,(H,21,22,23,24). The monoisotopic (exact) mass is 339 g/mol. The van der Waals surface area contributed by atoms with Gasteiger partial charge in [0.05, 0.1) is 18.8 Å². The third-order valence-corrected chi connectivity index (χ3v) is 4.61. The van der Waals surface area contributed by atoms with Crippen molar-refractivity contribution in [1.29, 1.82) is 0 Å². The average molecular weight is 339 g/mol. The Morgan fingerprint density at radius 3 is 2.64 bits per heavy atom. The van der Waals surface area contributed by atoms with Crippen LogP contribution >= 0.6 is 0 Å². The van der Waals surface area contributed by atoms with Crippen molar-refractivity contribution >= 4 is 0 Å². The minimum Gasteiger partial charge on any atom is -0.377 e. The third kappa shape index (κ3) is 3.04. The maximum atomic E-state index is 13.2. The summed E-state index contributed by atoms with van der Waals surface area (Å²) in [5, 5.41) is 17.8. The van der Waals surface area contributed by atoms with Crippen LogP contribution in [0.4, 0.5) is 4.39 Å². The van der Waals surface area contributed by atoms with E-state index in [1.807, 2.05) is 25.1 Å². The number of nitrogens with one attached hydrogen (secondary N) is 2. The van der Waals surface area contributed by atoms with Crippen molar-refractivity contribution in [2.24, 2.45) is 0 Å². The molecule has 2 heterocycles. The number of aromatic nitrogens is 4. The summed E-state index contributed by atoms with van der Waals surface area (Å²) < 4.78 is 18.6. The highest BCUT2D eigenvalue weighted by molar-refractivity contribution is 5.60. The fourth-order valence-electron chi connectivity index (χ4n) is 3.01. The summed E-state index contributed by atoms with van der Waals surface area (Å²) in [6, 6.07) is 12.8. The molecule has 0 atom stereocenters. The van der Waals surface area contributed by atoms with E-state index in [4.69, 9.17) is 4.74 Å². The molecule has 128 valence electrons. The Morgan fingerprint density at radius 2 is 2.00 bits per heavy atom. The Morgan fingerprint density at radius 1 is 1.20 bits per heavy atom. The van der Waals surface area contributed by atoms with Crippen LogP contribution in [0.1, 0.15) is 16.7 Å². The van der Waals surface area contributed by atoms with Gasteiger partial charge in [-0.05, 0) is 47.0 Å². The molecule has 2 N–H and O–H groups in total. The Balaban J connectivity index is 1.54. The van der Waals surface area contributed by atoms with Crippen molar-refractivity contribution in [3.8, 4) is 11.4 Å². The molecule has 4 rings (SSSR count). The number of hydrogen-bond donors (Lipinski definition) is 2. The molecule has 0 amide bonds. The van der Waals surface area contributed by atoms with E-state index in [0.717, 1.165) is 22.3 Å². The van der Waals surface area contributed by atoms with Gasteiger partial charge in [-0.15, -0.1) is 10.2 Å². The highest BCUT2D eigenvalue weighted by Crippen LogP contribution is 2.30. The zero-order valence-corrected chi connectivity index (χ0v) is 13.8. The first-order chi connectivity index (χ1) is 12.2. The van der Waals surface area contributed by atoms with Gasteiger partial charge in [0.1, 0.15) is 5.82 Å². The summed E-state index contributed by atoms with van der Waals surface area (Å²) in [5.74, 6) is 0.349. The smallest absolute Gasteiger partial charge is 0.204 e. The number of halogens is 1. The van der Waals surface area contributed by atoms with E-state index in [1.54, 1.807) is 0 Å². The third-order valence-electron chi connectivity index (χ3n) is 4.61. The minimum absolute atomic E-state index is 0.234. The first kappa shape index (κ1) is 15.9. The molecule has 1 saturated heterocycles. The van der Waals surface area contributed by atoms with Gasteiger partial charge in [-0.1, -0.05) is 24.3 Å². The van der Waals surface area contributed by atoms with E-state index < -0.39 is 0 Å². The van der Waals surface area contributed by atoms with Crippen LogP contribution in [0.25, 0.3) is 11.4 Å². The molecule has 1 fully saturated rings. The lowest BCUT2D eigenvalue weighted by molar-refractivity contribution is -0.0796. The largest absolute Gasteiger partial charge is 0.377 e. The maximum Gasteiger partial charge on any atom is 0.204 e. The molecule has 0 spiro atoms. The highest BCUT2D eigenvalue weighted by Gasteiger charge is 2.39. The number of aryl methyl sites for hydroxylation is 1. The van der Waals surface area contributed by atoms with E-state index in [0.29, 0.717) is 25.6 Å². The molecule has 25 heavy (non-hydrogen) atoms. The van der Waals surface area contributed by atoms with Crippen LogP contribution < -0.4 is 5.32 Å². The average Bonchev–Trinajstić information content (AvgIpc) is 3.11. The van der Waals surface area contributed by atoms with Crippen molar-refractivity contribution in [3.63, 3.8) is 0 Å². The molecule has 0 bridgehead atoms. The molecular formula is C18H18FN5O. The van der Waals surface area contributed by atoms with E-state index in [-0.39, 0.29) is 11.4 Å². The lowest BCUT2D eigenvalue weighted by Gasteiger charge is -2.43. The summed E-state index contributed by atoms with van der Waals surface area (Å²) in [4.78, 5) is 0. The number of tetrazole rings is 1. The van der Waals surface area contributed by atoms with Gasteiger partial charge < -0.3 is 4.74 Å². The van der Waals surface area contributed by atoms with Gasteiger partial charge in [0, 0.05) is 12.1 Å². The number of benzene rings is 2. The zero-order valence-electron chi connectivity index (χ0n) is 13.8. The number of rotatable bonds is 5. The van der Waals surface area contributed by atoms with Crippen LogP contribution in [0.15, 0.2) is 42.5 Å². The maximum absolute atomic E-state index is 13.2. The number of ether oxygens (including phenoxy) is 1. The second-order valence-electron chi connectivity index (χ2n) is 6.32. The molecule has 1 aromatic heterocycles. The normalized spacial score (nSPS) is 15.8. The first-order valence-electron chi connectivity index (χ1n) is 8.08. The van der Waals surface area contributed by atoms with Gasteiger partial charge in [0.15, 0.2) is 0 Å². The molecule has 0 radical (unpaired) electrons. The summed E-state index contributed by atoms with van der Waals surface area (Å²) in [6.45, 7) is 3.82. The van der Waals surface area contributed by atoms with Gasteiger partial charge in [0.25, 0.3) is 0 Å². The second kappa shape index (κ2) is 6.34. The molecule has 6 nitrogen and oxygen atoms in total. The quantitative estimate of drug-likeness (QED) is 0.746. The Hall–Kier alpha value is -2.64. The van der Waals surface area contributed by atoms with Crippen LogP contribution in [0, 0.1) is 12.7 Å². The van der Waals surface area contributed by atoms with E-state index in [1.165, 1.54) is 12.1 Å². The van der Waals surface area contributed by atoms with Crippen LogP contribution in [-0.4, -0.2) is 33.8 Å². The van der Waals surface area contributed by atoms with Crippen molar-refractivity contribution in [2.45, 2.75) is 19.0 Å². The van der Waals surface area contributed by atoms with Gasteiger partial charge in [-0.25, -0.2) is 4.39 Å².